The van der Waals surface area contributed by atoms with Crippen LogP contribution in [-0.4, -0.2) is 32.0 Å². The summed E-state index contributed by atoms with van der Waals surface area (Å²) in [6.07, 6.45) is 0.751. The third-order valence-electron chi connectivity index (χ3n) is 6.91. The molecule has 2 aliphatic rings. The lowest BCUT2D eigenvalue weighted by Gasteiger charge is -2.30. The number of carbonyl (C=O) groups is 1. The van der Waals surface area contributed by atoms with E-state index in [0.29, 0.717) is 34.8 Å². The van der Waals surface area contributed by atoms with Crippen LogP contribution in [0.5, 0.6) is 17.2 Å². The van der Waals surface area contributed by atoms with Gasteiger partial charge in [-0.1, -0.05) is 24.3 Å². The van der Waals surface area contributed by atoms with E-state index in [0.717, 1.165) is 22.6 Å². The van der Waals surface area contributed by atoms with Gasteiger partial charge in [0, 0.05) is 23.8 Å². The summed E-state index contributed by atoms with van der Waals surface area (Å²) in [5.74, 6) is 1.27. The molecule has 3 aromatic carbocycles. The molecule has 0 fully saturated rings. The molecule has 2 unspecified atom stereocenters. The minimum Gasteiger partial charge on any atom is -0.493 e. The van der Waals surface area contributed by atoms with Crippen LogP contribution in [0, 0.1) is 10.1 Å². The van der Waals surface area contributed by atoms with Crippen molar-refractivity contribution in [1.29, 1.82) is 0 Å². The molecule has 0 spiro atoms. The van der Waals surface area contributed by atoms with Gasteiger partial charge in [0.25, 0.3) is 5.69 Å². The minimum absolute atomic E-state index is 0.0363. The van der Waals surface area contributed by atoms with Crippen molar-refractivity contribution in [1.82, 2.24) is 0 Å². The van der Waals surface area contributed by atoms with Gasteiger partial charge in [0.15, 0.2) is 17.3 Å². The van der Waals surface area contributed by atoms with E-state index in [-0.39, 0.29) is 23.8 Å². The van der Waals surface area contributed by atoms with Crippen LogP contribution in [0.3, 0.4) is 0 Å². The average Bonchev–Trinajstić information content (AvgIpc) is 3.09. The number of fused-ring (bicyclic) bond motifs is 1. The van der Waals surface area contributed by atoms with Gasteiger partial charge in [0.2, 0.25) is 5.75 Å². The molecule has 0 saturated heterocycles. The first-order valence-electron chi connectivity index (χ1n) is 11.9. The predicted molar refractivity (Wildman–Crippen MR) is 140 cm³/mol. The first-order valence-corrected chi connectivity index (χ1v) is 11.9. The van der Waals surface area contributed by atoms with Gasteiger partial charge in [-0.05, 0) is 48.2 Å². The first-order chi connectivity index (χ1) is 17.9. The number of ether oxygens (including phenoxy) is 3. The summed E-state index contributed by atoms with van der Waals surface area (Å²) in [6.45, 7) is 0. The molecule has 2 N–H and O–H groups in total. The van der Waals surface area contributed by atoms with Crippen molar-refractivity contribution in [3.05, 3.63) is 93.2 Å². The molecule has 190 valence electrons. The van der Waals surface area contributed by atoms with E-state index in [1.807, 2.05) is 36.4 Å². The van der Waals surface area contributed by atoms with E-state index >= 15 is 0 Å². The molecular weight excluding hydrogens is 474 g/mol. The van der Waals surface area contributed by atoms with Gasteiger partial charge in [-0.2, -0.15) is 0 Å². The van der Waals surface area contributed by atoms with Gasteiger partial charge in [-0.25, -0.2) is 0 Å². The molecule has 9 heteroatoms. The van der Waals surface area contributed by atoms with Crippen molar-refractivity contribution in [3.63, 3.8) is 0 Å². The molecule has 2 atom stereocenters. The molecule has 37 heavy (non-hydrogen) atoms. The Kier molecular flexibility index (Phi) is 6.43. The molecule has 0 radical (unpaired) electrons. The van der Waals surface area contributed by atoms with Gasteiger partial charge in [0.1, 0.15) is 0 Å². The van der Waals surface area contributed by atoms with E-state index < -0.39 is 11.0 Å². The molecule has 1 heterocycles. The van der Waals surface area contributed by atoms with Crippen molar-refractivity contribution in [3.8, 4) is 17.2 Å². The van der Waals surface area contributed by atoms with E-state index in [1.165, 1.54) is 6.07 Å². The summed E-state index contributed by atoms with van der Waals surface area (Å²) in [6, 6.07) is 17.2. The molecule has 5 rings (SSSR count). The molecule has 0 bridgehead atoms. The number of nitrogens with one attached hydrogen (secondary N) is 2. The Morgan fingerprint density at radius 3 is 2.19 bits per heavy atom. The van der Waals surface area contributed by atoms with Gasteiger partial charge >= 0.3 is 0 Å². The lowest BCUT2D eigenvalue weighted by Crippen LogP contribution is -2.27. The average molecular weight is 502 g/mol. The fourth-order valence-corrected chi connectivity index (χ4v) is 5.20. The lowest BCUT2D eigenvalue weighted by atomic mass is 9.78. The molecule has 1 aliphatic carbocycles. The van der Waals surface area contributed by atoms with Crippen LogP contribution < -0.4 is 24.8 Å². The maximum atomic E-state index is 13.8. The summed E-state index contributed by atoms with van der Waals surface area (Å²) in [7, 11) is 4.66. The standard InChI is InChI=1S/C28H27N3O6/c1-35-24-14-17(15-25(36-2)28(24)37-3)16-12-21-26(23(32)13-16)27(18-8-4-7-11-22(18)31(33)34)30-20-10-6-5-9-19(20)29-21/h4-11,14-16,27,29-30H,12-13H2,1-3H3. The number of para-hydroxylation sites is 3. The number of ketones is 1. The molecule has 0 aromatic heterocycles. The van der Waals surface area contributed by atoms with Crippen molar-refractivity contribution in [2.24, 2.45) is 0 Å². The van der Waals surface area contributed by atoms with Crippen molar-refractivity contribution >= 4 is 22.8 Å². The van der Waals surface area contributed by atoms with Crippen LogP contribution in [0.2, 0.25) is 0 Å². The minimum atomic E-state index is -0.680. The number of allylic oxidation sites excluding steroid dienone is 1. The zero-order chi connectivity index (χ0) is 26.1. The fourth-order valence-electron chi connectivity index (χ4n) is 5.20. The SMILES string of the molecule is COc1cc(C2CC(=O)C3=C(C2)Nc2ccccc2NC3c2ccccc2[N+](=O)[O-])cc(OC)c1OC. The number of methoxy groups -OCH3 is 3. The summed E-state index contributed by atoms with van der Waals surface area (Å²) in [5, 5.41) is 18.7. The molecule has 3 aromatic rings. The summed E-state index contributed by atoms with van der Waals surface area (Å²) >= 11 is 0. The largest absolute Gasteiger partial charge is 0.493 e. The summed E-state index contributed by atoms with van der Waals surface area (Å²) in [4.78, 5) is 25.3. The number of benzene rings is 3. The second-order valence-corrected chi connectivity index (χ2v) is 8.94. The van der Waals surface area contributed by atoms with E-state index in [2.05, 4.69) is 10.6 Å². The highest BCUT2D eigenvalue weighted by molar-refractivity contribution is 6.01. The Morgan fingerprint density at radius 1 is 0.892 bits per heavy atom. The lowest BCUT2D eigenvalue weighted by molar-refractivity contribution is -0.385. The summed E-state index contributed by atoms with van der Waals surface area (Å²) < 4.78 is 16.5. The van der Waals surface area contributed by atoms with Crippen LogP contribution in [0.4, 0.5) is 17.1 Å². The van der Waals surface area contributed by atoms with Crippen LogP contribution in [0.1, 0.15) is 35.9 Å². The number of hydrogen-bond donors (Lipinski definition) is 2. The first kappa shape index (κ1) is 24.2. The third-order valence-corrected chi connectivity index (χ3v) is 6.91. The zero-order valence-electron chi connectivity index (χ0n) is 20.7. The molecule has 9 nitrogen and oxygen atoms in total. The Hall–Kier alpha value is -4.53. The number of rotatable bonds is 6. The van der Waals surface area contributed by atoms with Crippen LogP contribution in [-0.2, 0) is 4.79 Å². The second kappa shape index (κ2) is 9.85. The van der Waals surface area contributed by atoms with Crippen LogP contribution >= 0.6 is 0 Å². The Morgan fingerprint density at radius 2 is 1.54 bits per heavy atom. The number of nitro groups is 1. The number of nitrogens with zero attached hydrogens (tertiary/aromatic N) is 1. The predicted octanol–water partition coefficient (Wildman–Crippen LogP) is 5.60. The number of anilines is 2. The smallest absolute Gasteiger partial charge is 0.275 e. The van der Waals surface area contributed by atoms with E-state index in [9.17, 15) is 14.9 Å². The van der Waals surface area contributed by atoms with Crippen molar-refractivity contribution < 1.29 is 23.9 Å². The van der Waals surface area contributed by atoms with Crippen LogP contribution in [0.15, 0.2) is 71.9 Å². The highest BCUT2D eigenvalue weighted by Gasteiger charge is 2.38. The van der Waals surface area contributed by atoms with E-state index in [1.54, 1.807) is 39.5 Å². The topological polar surface area (TPSA) is 112 Å². The van der Waals surface area contributed by atoms with Crippen molar-refractivity contribution in [2.45, 2.75) is 24.8 Å². The maximum absolute atomic E-state index is 13.8. The normalized spacial score (nSPS) is 18.5. The van der Waals surface area contributed by atoms with E-state index in [4.69, 9.17) is 14.2 Å². The van der Waals surface area contributed by atoms with Crippen molar-refractivity contribution in [2.75, 3.05) is 32.0 Å². The third kappa shape index (κ3) is 4.33. The van der Waals surface area contributed by atoms with Gasteiger partial charge in [-0.15, -0.1) is 0 Å². The van der Waals surface area contributed by atoms with Gasteiger partial charge < -0.3 is 24.8 Å². The quantitative estimate of drug-likeness (QED) is 0.332. The number of nitro benzene ring substituents is 1. The van der Waals surface area contributed by atoms with Gasteiger partial charge in [-0.3, -0.25) is 14.9 Å². The maximum Gasteiger partial charge on any atom is 0.275 e. The fraction of sp³-hybridized carbons (Fsp3) is 0.250. The number of Topliss-reactive ketones (excluding diaryl/α,β-unsaturated/α-hetero) is 1. The molecule has 1 aliphatic heterocycles. The highest BCUT2D eigenvalue weighted by atomic mass is 16.6. The summed E-state index contributed by atoms with van der Waals surface area (Å²) in [5.41, 5.74) is 4.09. The molecule has 0 saturated carbocycles. The number of carbonyl (C=O) groups excluding carboxylic acids is 1. The van der Waals surface area contributed by atoms with Gasteiger partial charge in [0.05, 0.1) is 49.2 Å². The second-order valence-electron chi connectivity index (χ2n) is 8.94. The van der Waals surface area contributed by atoms with Crippen LogP contribution in [0.25, 0.3) is 0 Å². The highest BCUT2D eigenvalue weighted by Crippen LogP contribution is 2.48. The Balaban J connectivity index is 1.63. The number of hydrogen-bond acceptors (Lipinski definition) is 8. The molecular formula is C28H27N3O6. The Labute approximate surface area is 214 Å². The zero-order valence-corrected chi connectivity index (χ0v) is 20.7. The molecule has 0 amide bonds. The monoisotopic (exact) mass is 501 g/mol. The Bertz CT molecular complexity index is 1390.